The second kappa shape index (κ2) is 9.09. The van der Waals surface area contributed by atoms with E-state index in [0.717, 1.165) is 18.2 Å². The Kier molecular flexibility index (Phi) is 7.77. The molecule has 5 nitrogen and oxygen atoms in total. The molecule has 1 aliphatic carbocycles. The van der Waals surface area contributed by atoms with Crippen LogP contribution in [0.4, 0.5) is 0 Å². The zero-order valence-corrected chi connectivity index (χ0v) is 15.9. The number of carbonyl (C=O) groups excluding carboxylic acids is 1. The Hall–Kier alpha value is -1.52. The lowest BCUT2D eigenvalue weighted by atomic mass is 9.89. The van der Waals surface area contributed by atoms with E-state index in [1.807, 2.05) is 20.9 Å². The number of rotatable bonds is 8. The Morgan fingerprint density at radius 3 is 2.29 bits per heavy atom. The van der Waals surface area contributed by atoms with Crippen molar-refractivity contribution in [1.29, 1.82) is 0 Å². The van der Waals surface area contributed by atoms with Crippen LogP contribution in [0.25, 0.3) is 0 Å². The van der Waals surface area contributed by atoms with Gasteiger partial charge in [-0.2, -0.15) is 0 Å². The third-order valence-corrected chi connectivity index (χ3v) is 5.33. The number of aliphatic carboxylic acids is 1. The lowest BCUT2D eigenvalue weighted by Crippen LogP contribution is -2.34. The Balaban J connectivity index is 2.51. The number of amides is 1. The largest absolute Gasteiger partial charge is 0.481 e. The first-order valence-corrected chi connectivity index (χ1v) is 9.05. The summed E-state index contributed by atoms with van der Waals surface area (Å²) >= 11 is 0. The van der Waals surface area contributed by atoms with Gasteiger partial charge in [0, 0.05) is 31.4 Å². The van der Waals surface area contributed by atoms with Crippen LogP contribution >= 0.6 is 0 Å². The summed E-state index contributed by atoms with van der Waals surface area (Å²) < 4.78 is 0. The van der Waals surface area contributed by atoms with E-state index in [9.17, 15) is 9.59 Å². The molecule has 0 aromatic rings. The molecule has 1 amide bonds. The molecular weight excluding hydrogens is 304 g/mol. The maximum atomic E-state index is 12.3. The molecular formula is C19H34N2O3. The van der Waals surface area contributed by atoms with Gasteiger partial charge in [-0.3, -0.25) is 9.59 Å². The minimum atomic E-state index is -0.840. The molecule has 0 unspecified atom stereocenters. The lowest BCUT2D eigenvalue weighted by Gasteiger charge is -2.29. The number of carboxylic acid groups (broad SMARTS) is 1. The Morgan fingerprint density at radius 2 is 1.75 bits per heavy atom. The van der Waals surface area contributed by atoms with Crippen molar-refractivity contribution in [1.82, 2.24) is 10.2 Å². The quantitative estimate of drug-likeness (QED) is 0.666. The van der Waals surface area contributed by atoms with Crippen molar-refractivity contribution in [2.75, 3.05) is 20.1 Å². The second-order valence-electron chi connectivity index (χ2n) is 7.79. The van der Waals surface area contributed by atoms with Crippen molar-refractivity contribution in [2.45, 2.75) is 66.2 Å². The smallest absolute Gasteiger partial charge is 0.309 e. The van der Waals surface area contributed by atoms with Gasteiger partial charge < -0.3 is 15.3 Å². The Morgan fingerprint density at radius 1 is 1.17 bits per heavy atom. The highest BCUT2D eigenvalue weighted by molar-refractivity contribution is 5.93. The second-order valence-corrected chi connectivity index (χ2v) is 7.79. The maximum absolute atomic E-state index is 12.3. The average Bonchev–Trinajstić information content (AvgIpc) is 2.53. The molecule has 1 rings (SSSR count). The van der Waals surface area contributed by atoms with Gasteiger partial charge >= 0.3 is 5.97 Å². The molecule has 1 aliphatic rings. The molecule has 5 heteroatoms. The first kappa shape index (κ1) is 20.5. The number of nitrogens with one attached hydrogen (secondary N) is 1. The molecule has 0 atom stereocenters. The molecule has 0 aromatic heterocycles. The number of carboxylic acids is 1. The van der Waals surface area contributed by atoms with E-state index in [1.54, 1.807) is 13.8 Å². The number of nitrogens with zero attached hydrogens (tertiary/aromatic N) is 1. The first-order chi connectivity index (χ1) is 11.1. The monoisotopic (exact) mass is 338 g/mol. The fraction of sp³-hybridized carbons (Fsp3) is 0.789. The lowest BCUT2D eigenvalue weighted by molar-refractivity contribution is -0.147. The number of hydrogen-bond acceptors (Lipinski definition) is 3. The summed E-state index contributed by atoms with van der Waals surface area (Å²) in [5.74, 6) is -0.220. The molecule has 0 heterocycles. The van der Waals surface area contributed by atoms with E-state index < -0.39 is 11.4 Å². The summed E-state index contributed by atoms with van der Waals surface area (Å²) in [7, 11) is 2.05. The van der Waals surface area contributed by atoms with Crippen LogP contribution in [0.2, 0.25) is 0 Å². The van der Waals surface area contributed by atoms with E-state index in [-0.39, 0.29) is 5.91 Å². The fourth-order valence-corrected chi connectivity index (χ4v) is 3.07. The molecule has 2 N–H and O–H groups in total. The van der Waals surface area contributed by atoms with Gasteiger partial charge in [-0.1, -0.05) is 19.3 Å². The van der Waals surface area contributed by atoms with Crippen LogP contribution in [0.1, 0.15) is 66.2 Å². The van der Waals surface area contributed by atoms with Gasteiger partial charge in [0.05, 0.1) is 5.41 Å². The standard InChI is InChI=1S/C19H34N2O3/c1-14(17(22)20-12-11-19(3,4)18(23)24)15(2)21(5)13-16-9-7-6-8-10-16/h16H,6-13H2,1-5H3,(H,20,22)(H,23,24). The third kappa shape index (κ3) is 6.17. The highest BCUT2D eigenvalue weighted by atomic mass is 16.4. The van der Waals surface area contributed by atoms with E-state index in [2.05, 4.69) is 10.2 Å². The normalized spacial score (nSPS) is 17.2. The molecule has 0 spiro atoms. The SMILES string of the molecule is CC(C(=O)NCCC(C)(C)C(=O)O)=C(C)N(C)CC1CCCCC1. The highest BCUT2D eigenvalue weighted by Crippen LogP contribution is 2.25. The molecule has 0 radical (unpaired) electrons. The minimum absolute atomic E-state index is 0.107. The molecule has 0 aliphatic heterocycles. The van der Waals surface area contributed by atoms with Crippen LogP contribution < -0.4 is 5.32 Å². The maximum Gasteiger partial charge on any atom is 0.309 e. The zero-order chi connectivity index (χ0) is 18.3. The molecule has 0 saturated heterocycles. The molecule has 24 heavy (non-hydrogen) atoms. The van der Waals surface area contributed by atoms with Gasteiger partial charge in [0.1, 0.15) is 0 Å². The van der Waals surface area contributed by atoms with Crippen molar-refractivity contribution < 1.29 is 14.7 Å². The summed E-state index contributed by atoms with van der Waals surface area (Å²) in [6.45, 7) is 8.54. The van der Waals surface area contributed by atoms with Crippen LogP contribution in [0.5, 0.6) is 0 Å². The highest BCUT2D eigenvalue weighted by Gasteiger charge is 2.26. The summed E-state index contributed by atoms with van der Waals surface area (Å²) in [6.07, 6.45) is 6.97. The van der Waals surface area contributed by atoms with Gasteiger partial charge in [-0.15, -0.1) is 0 Å². The molecule has 0 aromatic carbocycles. The van der Waals surface area contributed by atoms with Gasteiger partial charge in [-0.05, 0) is 52.9 Å². The molecule has 1 fully saturated rings. The Labute approximate surface area is 146 Å². The number of carbonyl (C=O) groups is 2. The minimum Gasteiger partial charge on any atom is -0.481 e. The fourth-order valence-electron chi connectivity index (χ4n) is 3.07. The van der Waals surface area contributed by atoms with Gasteiger partial charge in [0.15, 0.2) is 0 Å². The Bertz CT molecular complexity index is 477. The summed E-state index contributed by atoms with van der Waals surface area (Å²) in [6, 6.07) is 0. The topological polar surface area (TPSA) is 69.6 Å². The molecule has 1 saturated carbocycles. The van der Waals surface area contributed by atoms with E-state index in [4.69, 9.17) is 5.11 Å². The van der Waals surface area contributed by atoms with Crippen molar-refractivity contribution in [2.24, 2.45) is 11.3 Å². The summed E-state index contributed by atoms with van der Waals surface area (Å²) in [5, 5.41) is 11.9. The van der Waals surface area contributed by atoms with Crippen LogP contribution in [-0.2, 0) is 9.59 Å². The van der Waals surface area contributed by atoms with E-state index >= 15 is 0 Å². The number of hydrogen-bond donors (Lipinski definition) is 2. The summed E-state index contributed by atoms with van der Waals surface area (Å²) in [4.78, 5) is 25.6. The van der Waals surface area contributed by atoms with Crippen molar-refractivity contribution >= 4 is 11.9 Å². The van der Waals surface area contributed by atoms with Crippen LogP contribution in [0.3, 0.4) is 0 Å². The van der Waals surface area contributed by atoms with Gasteiger partial charge in [0.2, 0.25) is 5.91 Å². The van der Waals surface area contributed by atoms with Crippen LogP contribution in [0, 0.1) is 11.3 Å². The molecule has 0 bridgehead atoms. The first-order valence-electron chi connectivity index (χ1n) is 9.05. The van der Waals surface area contributed by atoms with Gasteiger partial charge in [-0.25, -0.2) is 0 Å². The number of allylic oxidation sites excluding steroid dienone is 1. The van der Waals surface area contributed by atoms with E-state index in [0.29, 0.717) is 18.5 Å². The zero-order valence-electron chi connectivity index (χ0n) is 15.9. The van der Waals surface area contributed by atoms with Crippen LogP contribution in [-0.4, -0.2) is 42.0 Å². The van der Waals surface area contributed by atoms with E-state index in [1.165, 1.54) is 32.1 Å². The van der Waals surface area contributed by atoms with Gasteiger partial charge in [0.25, 0.3) is 0 Å². The van der Waals surface area contributed by atoms with Crippen molar-refractivity contribution in [3.05, 3.63) is 11.3 Å². The predicted octanol–water partition coefficient (Wildman–Crippen LogP) is 3.41. The average molecular weight is 338 g/mol. The third-order valence-electron chi connectivity index (χ3n) is 5.33. The molecule has 138 valence electrons. The summed E-state index contributed by atoms with van der Waals surface area (Å²) in [5.41, 5.74) is 0.884. The van der Waals surface area contributed by atoms with Crippen LogP contribution in [0.15, 0.2) is 11.3 Å². The van der Waals surface area contributed by atoms with Crippen molar-refractivity contribution in [3.63, 3.8) is 0 Å². The van der Waals surface area contributed by atoms with Crippen molar-refractivity contribution in [3.8, 4) is 0 Å². The predicted molar refractivity (Wildman–Crippen MR) is 96.6 cm³/mol.